The molecule has 0 saturated carbocycles. The maximum absolute atomic E-state index is 13.8. The summed E-state index contributed by atoms with van der Waals surface area (Å²) in [5, 5.41) is 10.2. The molecular formula is C17H20FNO. The van der Waals surface area contributed by atoms with Crippen LogP contribution in [0.3, 0.4) is 0 Å². The van der Waals surface area contributed by atoms with Gasteiger partial charge in [0.1, 0.15) is 5.82 Å². The highest BCUT2D eigenvalue weighted by atomic mass is 19.1. The number of rotatable bonds is 6. The van der Waals surface area contributed by atoms with Crippen LogP contribution in [-0.2, 0) is 0 Å². The lowest BCUT2D eigenvalue weighted by Crippen LogP contribution is -2.26. The summed E-state index contributed by atoms with van der Waals surface area (Å²) in [6.07, 6.45) is 0.0589. The number of benzene rings is 2. The molecule has 2 nitrogen and oxygen atoms in total. The number of aliphatic hydroxyl groups is 1. The Bertz CT molecular complexity index is 530. The van der Waals surface area contributed by atoms with Crippen LogP contribution >= 0.6 is 0 Å². The molecular weight excluding hydrogens is 253 g/mol. The van der Waals surface area contributed by atoms with Gasteiger partial charge in [0, 0.05) is 13.1 Å². The van der Waals surface area contributed by atoms with E-state index in [1.54, 1.807) is 12.1 Å². The molecule has 0 amide bonds. The van der Waals surface area contributed by atoms with Crippen LogP contribution in [0, 0.1) is 5.82 Å². The van der Waals surface area contributed by atoms with Crippen molar-refractivity contribution >= 4 is 5.69 Å². The van der Waals surface area contributed by atoms with E-state index >= 15 is 0 Å². The van der Waals surface area contributed by atoms with Crippen molar-refractivity contribution in [2.45, 2.75) is 19.4 Å². The van der Waals surface area contributed by atoms with E-state index in [9.17, 15) is 9.50 Å². The van der Waals surface area contributed by atoms with Crippen molar-refractivity contribution in [3.05, 3.63) is 66.0 Å². The van der Waals surface area contributed by atoms with Gasteiger partial charge in [-0.2, -0.15) is 0 Å². The third kappa shape index (κ3) is 3.58. The standard InChI is InChI=1S/C17H20FNO/c1-2-19(16-11-7-6-10-15(16)18)13-12-17(20)14-8-4-3-5-9-14/h3-11,17,20H,2,12-13H2,1H3. The van der Waals surface area contributed by atoms with Crippen molar-refractivity contribution in [1.29, 1.82) is 0 Å². The summed E-state index contributed by atoms with van der Waals surface area (Å²) in [7, 11) is 0. The molecule has 0 radical (unpaired) electrons. The van der Waals surface area contributed by atoms with E-state index in [4.69, 9.17) is 0 Å². The van der Waals surface area contributed by atoms with Crippen molar-refractivity contribution in [2.24, 2.45) is 0 Å². The summed E-state index contributed by atoms with van der Waals surface area (Å²) in [5.74, 6) is -0.219. The van der Waals surface area contributed by atoms with Gasteiger partial charge in [0.15, 0.2) is 0 Å². The summed E-state index contributed by atoms with van der Waals surface area (Å²) in [6.45, 7) is 3.32. The Morgan fingerprint density at radius 3 is 2.35 bits per heavy atom. The normalized spacial score (nSPS) is 12.2. The predicted molar refractivity (Wildman–Crippen MR) is 80.3 cm³/mol. The average molecular weight is 273 g/mol. The fourth-order valence-corrected chi connectivity index (χ4v) is 2.28. The molecule has 0 heterocycles. The zero-order valence-electron chi connectivity index (χ0n) is 11.7. The van der Waals surface area contributed by atoms with E-state index in [-0.39, 0.29) is 5.82 Å². The summed E-state index contributed by atoms with van der Waals surface area (Å²) >= 11 is 0. The maximum atomic E-state index is 13.8. The highest BCUT2D eigenvalue weighted by molar-refractivity contribution is 5.47. The van der Waals surface area contributed by atoms with Crippen LogP contribution in [0.25, 0.3) is 0 Å². The Hall–Kier alpha value is -1.87. The van der Waals surface area contributed by atoms with Gasteiger partial charge in [-0.25, -0.2) is 4.39 Å². The van der Waals surface area contributed by atoms with Gasteiger partial charge in [0.2, 0.25) is 0 Å². The van der Waals surface area contributed by atoms with Crippen molar-refractivity contribution in [2.75, 3.05) is 18.0 Å². The molecule has 2 aromatic carbocycles. The SMILES string of the molecule is CCN(CCC(O)c1ccccc1)c1ccccc1F. The fraction of sp³-hybridized carbons (Fsp3) is 0.294. The first-order valence-electron chi connectivity index (χ1n) is 6.95. The third-order valence-electron chi connectivity index (χ3n) is 3.43. The van der Waals surface area contributed by atoms with Crippen LogP contribution in [0.5, 0.6) is 0 Å². The molecule has 1 N–H and O–H groups in total. The molecule has 0 bridgehead atoms. The molecule has 0 saturated heterocycles. The fourth-order valence-electron chi connectivity index (χ4n) is 2.28. The molecule has 1 atom stereocenters. The second-order valence-corrected chi connectivity index (χ2v) is 4.75. The zero-order valence-corrected chi connectivity index (χ0v) is 11.7. The van der Waals surface area contributed by atoms with Crippen LogP contribution in [-0.4, -0.2) is 18.2 Å². The first-order chi connectivity index (χ1) is 9.72. The van der Waals surface area contributed by atoms with Gasteiger partial charge in [-0.1, -0.05) is 42.5 Å². The molecule has 106 valence electrons. The lowest BCUT2D eigenvalue weighted by molar-refractivity contribution is 0.169. The van der Waals surface area contributed by atoms with Crippen LogP contribution < -0.4 is 4.90 Å². The first kappa shape index (κ1) is 14.5. The quantitative estimate of drug-likeness (QED) is 0.866. The van der Waals surface area contributed by atoms with Gasteiger partial charge in [0.05, 0.1) is 11.8 Å². The second kappa shape index (κ2) is 7.06. The van der Waals surface area contributed by atoms with Crippen LogP contribution in [0.15, 0.2) is 54.6 Å². The first-order valence-corrected chi connectivity index (χ1v) is 6.95. The number of hydrogen-bond donors (Lipinski definition) is 1. The van der Waals surface area contributed by atoms with Gasteiger partial charge >= 0.3 is 0 Å². The predicted octanol–water partition coefficient (Wildman–Crippen LogP) is 3.78. The molecule has 2 rings (SSSR count). The smallest absolute Gasteiger partial charge is 0.146 e. The minimum atomic E-state index is -0.517. The van der Waals surface area contributed by atoms with E-state index in [0.717, 1.165) is 5.56 Å². The van der Waals surface area contributed by atoms with Gasteiger partial charge in [0.25, 0.3) is 0 Å². The Labute approximate surface area is 119 Å². The summed E-state index contributed by atoms with van der Waals surface area (Å²) < 4.78 is 13.8. The number of hydrogen-bond acceptors (Lipinski definition) is 2. The highest BCUT2D eigenvalue weighted by Crippen LogP contribution is 2.21. The van der Waals surface area contributed by atoms with Crippen molar-refractivity contribution in [3.8, 4) is 0 Å². The van der Waals surface area contributed by atoms with Gasteiger partial charge < -0.3 is 10.0 Å². The minimum absolute atomic E-state index is 0.219. The summed E-state index contributed by atoms with van der Waals surface area (Å²) in [5.41, 5.74) is 1.49. The molecule has 3 heteroatoms. The Morgan fingerprint density at radius 2 is 1.70 bits per heavy atom. The van der Waals surface area contributed by atoms with E-state index in [1.807, 2.05) is 48.2 Å². The second-order valence-electron chi connectivity index (χ2n) is 4.75. The van der Waals surface area contributed by atoms with Gasteiger partial charge in [-0.05, 0) is 31.0 Å². The van der Waals surface area contributed by atoms with Crippen LogP contribution in [0.1, 0.15) is 25.0 Å². The maximum Gasteiger partial charge on any atom is 0.146 e. The topological polar surface area (TPSA) is 23.5 Å². The van der Waals surface area contributed by atoms with E-state index < -0.39 is 6.10 Å². The molecule has 20 heavy (non-hydrogen) atoms. The van der Waals surface area contributed by atoms with E-state index in [0.29, 0.717) is 25.2 Å². The van der Waals surface area contributed by atoms with Crippen LogP contribution in [0.2, 0.25) is 0 Å². The van der Waals surface area contributed by atoms with Gasteiger partial charge in [-0.3, -0.25) is 0 Å². The largest absolute Gasteiger partial charge is 0.388 e. The Balaban J connectivity index is 2.00. The molecule has 1 unspecified atom stereocenters. The average Bonchev–Trinajstić information content (AvgIpc) is 2.50. The lowest BCUT2D eigenvalue weighted by Gasteiger charge is -2.25. The molecule has 0 aromatic heterocycles. The zero-order chi connectivity index (χ0) is 14.4. The molecule has 0 spiro atoms. The molecule has 0 aliphatic carbocycles. The van der Waals surface area contributed by atoms with Crippen molar-refractivity contribution in [1.82, 2.24) is 0 Å². The van der Waals surface area contributed by atoms with E-state index in [2.05, 4.69) is 0 Å². The molecule has 0 aliphatic heterocycles. The van der Waals surface area contributed by atoms with Crippen LogP contribution in [0.4, 0.5) is 10.1 Å². The van der Waals surface area contributed by atoms with Gasteiger partial charge in [-0.15, -0.1) is 0 Å². The number of aliphatic hydroxyl groups excluding tert-OH is 1. The number of nitrogens with zero attached hydrogens (tertiary/aromatic N) is 1. The van der Waals surface area contributed by atoms with E-state index in [1.165, 1.54) is 6.07 Å². The van der Waals surface area contributed by atoms with Crippen molar-refractivity contribution < 1.29 is 9.50 Å². The van der Waals surface area contributed by atoms with Crippen molar-refractivity contribution in [3.63, 3.8) is 0 Å². The Morgan fingerprint density at radius 1 is 1.05 bits per heavy atom. The third-order valence-corrected chi connectivity index (χ3v) is 3.43. The molecule has 0 fully saturated rings. The lowest BCUT2D eigenvalue weighted by atomic mass is 10.1. The summed E-state index contributed by atoms with van der Waals surface area (Å²) in [4.78, 5) is 1.95. The molecule has 0 aliphatic rings. The number of anilines is 1. The Kier molecular flexibility index (Phi) is 5.13. The molecule has 2 aromatic rings. The highest BCUT2D eigenvalue weighted by Gasteiger charge is 2.12. The minimum Gasteiger partial charge on any atom is -0.388 e. The monoisotopic (exact) mass is 273 g/mol. The summed E-state index contributed by atoms with van der Waals surface area (Å²) in [6, 6.07) is 16.3. The number of para-hydroxylation sites is 1. The number of halogens is 1.